The second-order valence-corrected chi connectivity index (χ2v) is 7.91. The number of likely N-dealkylation sites (tertiary alicyclic amines) is 1. The number of ether oxygens (including phenoxy) is 2. The van der Waals surface area contributed by atoms with Gasteiger partial charge in [-0.2, -0.15) is 0 Å². The van der Waals surface area contributed by atoms with Crippen LogP contribution in [0.5, 0.6) is 0 Å². The summed E-state index contributed by atoms with van der Waals surface area (Å²) in [7, 11) is 0. The summed E-state index contributed by atoms with van der Waals surface area (Å²) in [6, 6.07) is 14.9. The number of nitrogens with two attached hydrogens (primary N) is 1. The van der Waals surface area contributed by atoms with Gasteiger partial charge in [0.15, 0.2) is 5.79 Å². The van der Waals surface area contributed by atoms with Crippen molar-refractivity contribution in [2.75, 3.05) is 43.9 Å². The molecule has 2 aromatic carbocycles. The maximum Gasteiger partial charge on any atom is 0.195 e. The fourth-order valence-corrected chi connectivity index (χ4v) is 4.30. The number of nitrogens with one attached hydrogen (secondary N) is 1. The van der Waals surface area contributed by atoms with Crippen LogP contribution in [0, 0.1) is 5.82 Å². The number of anilines is 2. The Morgan fingerprint density at radius 2 is 1.72 bits per heavy atom. The molecule has 6 heteroatoms. The van der Waals surface area contributed by atoms with Crippen LogP contribution in [0.25, 0.3) is 0 Å². The lowest BCUT2D eigenvalue weighted by Crippen LogP contribution is -2.40. The molecule has 29 heavy (non-hydrogen) atoms. The van der Waals surface area contributed by atoms with E-state index in [9.17, 15) is 4.39 Å². The molecule has 2 aromatic rings. The molecule has 0 unspecified atom stereocenters. The van der Waals surface area contributed by atoms with Crippen LogP contribution in [0.15, 0.2) is 48.5 Å². The first kappa shape index (κ1) is 20.1. The van der Waals surface area contributed by atoms with Gasteiger partial charge in [0.1, 0.15) is 5.82 Å². The summed E-state index contributed by atoms with van der Waals surface area (Å²) in [5.74, 6) is -0.964. The molecule has 2 fully saturated rings. The number of hydrogen-bond acceptors (Lipinski definition) is 5. The van der Waals surface area contributed by atoms with E-state index in [1.54, 1.807) is 12.1 Å². The zero-order chi connectivity index (χ0) is 20.1. The SMILES string of the molecule is Nc1ccccc1NC1CCN(CCCC2(c3ccc(F)cc3)OCCO2)CC1. The second-order valence-electron chi connectivity index (χ2n) is 7.91. The number of piperidine rings is 1. The predicted molar refractivity (Wildman–Crippen MR) is 113 cm³/mol. The predicted octanol–water partition coefficient (Wildman–Crippen LogP) is 3.96. The molecular formula is C23H30FN3O2. The number of rotatable bonds is 7. The summed E-state index contributed by atoms with van der Waals surface area (Å²) in [5.41, 5.74) is 8.78. The lowest BCUT2D eigenvalue weighted by atomic mass is 9.99. The lowest BCUT2D eigenvalue weighted by molar-refractivity contribution is -0.172. The van der Waals surface area contributed by atoms with Crippen molar-refractivity contribution in [1.82, 2.24) is 4.90 Å². The Balaban J connectivity index is 1.25. The summed E-state index contributed by atoms with van der Waals surface area (Å²) in [4.78, 5) is 2.50. The standard InChI is InChI=1S/C23H30FN3O2/c24-19-8-6-18(7-9-19)23(28-16-17-29-23)12-3-13-27-14-10-20(11-15-27)26-22-5-2-1-4-21(22)25/h1-2,4-9,20,26H,3,10-17,25H2. The molecule has 0 amide bonds. The zero-order valence-electron chi connectivity index (χ0n) is 16.8. The molecule has 156 valence electrons. The maximum atomic E-state index is 13.3. The van der Waals surface area contributed by atoms with Crippen LogP contribution < -0.4 is 11.1 Å². The van der Waals surface area contributed by atoms with Crippen molar-refractivity contribution < 1.29 is 13.9 Å². The van der Waals surface area contributed by atoms with Crippen LogP contribution in [-0.4, -0.2) is 43.8 Å². The first-order chi connectivity index (χ1) is 14.1. The molecule has 4 rings (SSSR count). The van der Waals surface area contributed by atoms with Crippen molar-refractivity contribution in [2.45, 2.75) is 37.5 Å². The van der Waals surface area contributed by atoms with E-state index in [4.69, 9.17) is 15.2 Å². The Bertz CT molecular complexity index is 785. The maximum absolute atomic E-state index is 13.3. The molecule has 2 aliphatic heterocycles. The zero-order valence-corrected chi connectivity index (χ0v) is 16.8. The summed E-state index contributed by atoms with van der Waals surface area (Å²) in [6.07, 6.45) is 3.95. The van der Waals surface area contributed by atoms with Gasteiger partial charge in [-0.3, -0.25) is 0 Å². The fraction of sp³-hybridized carbons (Fsp3) is 0.478. The Kier molecular flexibility index (Phi) is 6.33. The monoisotopic (exact) mass is 399 g/mol. The van der Waals surface area contributed by atoms with E-state index in [2.05, 4.69) is 10.2 Å². The second kappa shape index (κ2) is 9.11. The molecule has 0 radical (unpaired) electrons. The van der Waals surface area contributed by atoms with Crippen LogP contribution in [0.4, 0.5) is 15.8 Å². The third kappa shape index (κ3) is 4.89. The number of halogens is 1. The Labute approximate surface area is 172 Å². The van der Waals surface area contributed by atoms with Crippen molar-refractivity contribution in [3.05, 3.63) is 59.9 Å². The Morgan fingerprint density at radius 1 is 1.03 bits per heavy atom. The van der Waals surface area contributed by atoms with E-state index in [-0.39, 0.29) is 5.82 Å². The third-order valence-corrected chi connectivity index (χ3v) is 5.93. The molecule has 0 atom stereocenters. The largest absolute Gasteiger partial charge is 0.397 e. The van der Waals surface area contributed by atoms with E-state index < -0.39 is 5.79 Å². The minimum atomic E-state index is -0.724. The lowest BCUT2D eigenvalue weighted by Gasteiger charge is -2.34. The van der Waals surface area contributed by atoms with Crippen molar-refractivity contribution in [2.24, 2.45) is 0 Å². The first-order valence-corrected chi connectivity index (χ1v) is 10.5. The van der Waals surface area contributed by atoms with Crippen LogP contribution >= 0.6 is 0 Å². The number of para-hydroxylation sites is 2. The molecule has 5 nitrogen and oxygen atoms in total. The van der Waals surface area contributed by atoms with E-state index in [1.165, 1.54) is 12.1 Å². The number of nitrogen functional groups attached to an aromatic ring is 1. The van der Waals surface area contributed by atoms with Gasteiger partial charge in [-0.15, -0.1) is 0 Å². The molecule has 0 aliphatic carbocycles. The highest BCUT2D eigenvalue weighted by molar-refractivity contribution is 5.65. The summed E-state index contributed by atoms with van der Waals surface area (Å²) < 4.78 is 25.2. The molecule has 0 aromatic heterocycles. The summed E-state index contributed by atoms with van der Waals surface area (Å²) >= 11 is 0. The number of benzene rings is 2. The average Bonchev–Trinajstić information content (AvgIpc) is 3.21. The Hall–Kier alpha value is -2.15. The number of hydrogen-bond donors (Lipinski definition) is 2. The highest BCUT2D eigenvalue weighted by Gasteiger charge is 2.38. The number of nitrogens with zero attached hydrogens (tertiary/aromatic N) is 1. The molecule has 0 spiro atoms. The smallest absolute Gasteiger partial charge is 0.195 e. The average molecular weight is 400 g/mol. The molecule has 0 bridgehead atoms. The van der Waals surface area contributed by atoms with Crippen LogP contribution in [0.2, 0.25) is 0 Å². The summed E-state index contributed by atoms with van der Waals surface area (Å²) in [6.45, 7) is 4.30. The van der Waals surface area contributed by atoms with Crippen molar-refractivity contribution >= 4 is 11.4 Å². The van der Waals surface area contributed by atoms with Gasteiger partial charge in [-0.05, 0) is 50.1 Å². The van der Waals surface area contributed by atoms with Crippen molar-refractivity contribution in [3.63, 3.8) is 0 Å². The molecule has 3 N–H and O–H groups in total. The van der Waals surface area contributed by atoms with Gasteiger partial charge in [0.25, 0.3) is 0 Å². The van der Waals surface area contributed by atoms with E-state index in [0.717, 1.165) is 62.3 Å². The molecule has 2 heterocycles. The quantitative estimate of drug-likeness (QED) is 0.690. The van der Waals surface area contributed by atoms with E-state index in [1.807, 2.05) is 24.3 Å². The topological polar surface area (TPSA) is 59.8 Å². The van der Waals surface area contributed by atoms with Gasteiger partial charge in [-0.1, -0.05) is 24.3 Å². The Morgan fingerprint density at radius 3 is 2.41 bits per heavy atom. The third-order valence-electron chi connectivity index (χ3n) is 5.93. The van der Waals surface area contributed by atoms with Crippen molar-refractivity contribution in [3.8, 4) is 0 Å². The van der Waals surface area contributed by atoms with Crippen molar-refractivity contribution in [1.29, 1.82) is 0 Å². The minimum Gasteiger partial charge on any atom is -0.397 e. The first-order valence-electron chi connectivity index (χ1n) is 10.5. The van der Waals surface area contributed by atoms with Gasteiger partial charge >= 0.3 is 0 Å². The van der Waals surface area contributed by atoms with E-state index >= 15 is 0 Å². The van der Waals surface area contributed by atoms with Crippen LogP contribution in [-0.2, 0) is 15.3 Å². The van der Waals surface area contributed by atoms with Gasteiger partial charge in [0.2, 0.25) is 0 Å². The molecule has 0 saturated carbocycles. The normalized spacial score (nSPS) is 20.0. The fourth-order valence-electron chi connectivity index (χ4n) is 4.30. The van der Waals surface area contributed by atoms with Gasteiger partial charge in [0, 0.05) is 31.1 Å². The molecule has 2 aliphatic rings. The highest BCUT2D eigenvalue weighted by atomic mass is 19.1. The summed E-state index contributed by atoms with van der Waals surface area (Å²) in [5, 5.41) is 3.58. The van der Waals surface area contributed by atoms with E-state index in [0.29, 0.717) is 19.3 Å². The van der Waals surface area contributed by atoms with Crippen LogP contribution in [0.1, 0.15) is 31.2 Å². The molecule has 2 saturated heterocycles. The van der Waals surface area contributed by atoms with Gasteiger partial charge < -0.3 is 25.4 Å². The highest BCUT2D eigenvalue weighted by Crippen LogP contribution is 2.36. The van der Waals surface area contributed by atoms with Gasteiger partial charge in [0.05, 0.1) is 24.6 Å². The van der Waals surface area contributed by atoms with Gasteiger partial charge in [-0.25, -0.2) is 4.39 Å². The van der Waals surface area contributed by atoms with Crippen LogP contribution in [0.3, 0.4) is 0 Å². The minimum absolute atomic E-state index is 0.240. The molecular weight excluding hydrogens is 369 g/mol.